The number of aliphatic hydroxyl groups is 1. The summed E-state index contributed by atoms with van der Waals surface area (Å²) in [5.74, 6) is 3.87. The predicted molar refractivity (Wildman–Crippen MR) is 154 cm³/mol. The summed E-state index contributed by atoms with van der Waals surface area (Å²) in [6.45, 7) is 14.5. The van der Waals surface area contributed by atoms with E-state index in [0.29, 0.717) is 36.8 Å². The fourth-order valence-corrected chi connectivity index (χ4v) is 10.8. The molecular weight excluding hydrogens is 488 g/mol. The molecule has 3 unspecified atom stereocenters. The van der Waals surface area contributed by atoms with Crippen molar-refractivity contribution < 1.29 is 19.8 Å². The predicted octanol–water partition coefficient (Wildman–Crippen LogP) is 6.58. The van der Waals surface area contributed by atoms with Crippen LogP contribution < -0.4 is 0 Å². The first kappa shape index (κ1) is 29.0. The Morgan fingerprint density at radius 3 is 2.44 bits per heavy atom. The summed E-state index contributed by atoms with van der Waals surface area (Å²) in [5, 5.41) is 20.0. The molecule has 5 rings (SSSR count). The second-order valence-electron chi connectivity index (χ2n) is 14.9. The molecular formula is C33H54N2O4. The van der Waals surface area contributed by atoms with Crippen molar-refractivity contribution >= 4 is 12.0 Å². The van der Waals surface area contributed by atoms with Crippen molar-refractivity contribution in [2.45, 2.75) is 124 Å². The Kier molecular flexibility index (Phi) is 7.93. The lowest BCUT2D eigenvalue weighted by atomic mass is 9.47. The maximum Gasteiger partial charge on any atom is 0.407 e. The molecule has 0 aromatic rings. The molecule has 2 N–H and O–H groups in total. The van der Waals surface area contributed by atoms with E-state index in [1.807, 2.05) is 11.8 Å². The summed E-state index contributed by atoms with van der Waals surface area (Å²) in [6.07, 6.45) is 12.4. The van der Waals surface area contributed by atoms with Gasteiger partial charge in [-0.25, -0.2) is 4.79 Å². The SMILES string of the molecule is CC(C)C1C(C)N(C(=O)CCC(C)[C@H]2CC[C@H]3[C@@H]4CC=C5C[C@@H](O)CC[C@]5(C)[C@H]4CC[C@]23C)CCN1C(=O)O. The number of hydrogen-bond acceptors (Lipinski definition) is 3. The van der Waals surface area contributed by atoms with Gasteiger partial charge in [-0.2, -0.15) is 0 Å². The first-order chi connectivity index (χ1) is 18.4. The molecule has 0 spiro atoms. The normalized spacial score (nSPS) is 42.9. The quantitative estimate of drug-likeness (QED) is 0.385. The molecule has 220 valence electrons. The third-order valence-corrected chi connectivity index (χ3v) is 12.8. The van der Waals surface area contributed by atoms with Gasteiger partial charge >= 0.3 is 6.09 Å². The average Bonchev–Trinajstić information content (AvgIpc) is 3.24. The van der Waals surface area contributed by atoms with Crippen molar-refractivity contribution in [1.29, 1.82) is 0 Å². The van der Waals surface area contributed by atoms with Gasteiger partial charge in [-0.15, -0.1) is 0 Å². The number of hydrogen-bond donors (Lipinski definition) is 2. The van der Waals surface area contributed by atoms with Gasteiger partial charge in [-0.05, 0) is 111 Å². The van der Waals surface area contributed by atoms with Crippen LogP contribution in [0.1, 0.15) is 106 Å². The minimum Gasteiger partial charge on any atom is -0.465 e. The zero-order valence-electron chi connectivity index (χ0n) is 25.4. The summed E-state index contributed by atoms with van der Waals surface area (Å²) in [5.41, 5.74) is 2.20. The van der Waals surface area contributed by atoms with Crippen LogP contribution >= 0.6 is 0 Å². The van der Waals surface area contributed by atoms with Crippen molar-refractivity contribution in [3.63, 3.8) is 0 Å². The standard InChI is InChI=1S/C33H54N2O4/c1-20(2)30-22(4)34(17-18-35(30)31(38)39)29(37)12-7-21(3)26-10-11-27-25-9-8-23-19-24(36)13-15-32(23,5)28(25)14-16-33(26,27)6/h8,20-22,24-28,30,36H,7,9-19H2,1-6H3,(H,38,39)/t21?,22?,24-,25-,26+,27-,28-,30?,32-,33+/m0/s1. The van der Waals surface area contributed by atoms with E-state index in [2.05, 4.69) is 40.7 Å². The zero-order valence-corrected chi connectivity index (χ0v) is 25.4. The number of amides is 2. The van der Waals surface area contributed by atoms with Crippen LogP contribution in [0.25, 0.3) is 0 Å². The van der Waals surface area contributed by atoms with E-state index in [1.165, 1.54) is 37.0 Å². The highest BCUT2D eigenvalue weighted by Crippen LogP contribution is 2.67. The van der Waals surface area contributed by atoms with Crippen molar-refractivity contribution in [2.75, 3.05) is 13.1 Å². The molecule has 6 heteroatoms. The smallest absolute Gasteiger partial charge is 0.407 e. The summed E-state index contributed by atoms with van der Waals surface area (Å²) in [7, 11) is 0. The fourth-order valence-electron chi connectivity index (χ4n) is 10.8. The number of carbonyl (C=O) groups is 2. The lowest BCUT2D eigenvalue weighted by molar-refractivity contribution is -0.138. The third-order valence-electron chi connectivity index (χ3n) is 12.8. The highest BCUT2D eigenvalue weighted by Gasteiger charge is 2.59. The molecule has 0 aromatic heterocycles. The molecule has 1 heterocycles. The van der Waals surface area contributed by atoms with E-state index in [1.54, 1.807) is 5.57 Å². The minimum absolute atomic E-state index is 0.0900. The molecule has 39 heavy (non-hydrogen) atoms. The van der Waals surface area contributed by atoms with E-state index < -0.39 is 6.09 Å². The average molecular weight is 543 g/mol. The first-order valence-electron chi connectivity index (χ1n) is 16.0. The number of fused-ring (bicyclic) bond motifs is 5. The van der Waals surface area contributed by atoms with Crippen molar-refractivity contribution in [1.82, 2.24) is 9.80 Å². The van der Waals surface area contributed by atoms with Gasteiger partial charge < -0.3 is 20.0 Å². The molecule has 4 fully saturated rings. The van der Waals surface area contributed by atoms with Gasteiger partial charge in [0.05, 0.1) is 12.1 Å². The highest BCUT2D eigenvalue weighted by atomic mass is 16.4. The Morgan fingerprint density at radius 1 is 1.03 bits per heavy atom. The topological polar surface area (TPSA) is 81.1 Å². The molecule has 1 aliphatic heterocycles. The molecule has 4 aliphatic carbocycles. The van der Waals surface area contributed by atoms with Crippen molar-refractivity contribution in [2.24, 2.45) is 46.3 Å². The Hall–Kier alpha value is -1.56. The number of allylic oxidation sites excluding steroid dienone is 1. The summed E-state index contributed by atoms with van der Waals surface area (Å²) in [6, 6.07) is -0.241. The maximum absolute atomic E-state index is 13.5. The molecule has 3 saturated carbocycles. The van der Waals surface area contributed by atoms with Crippen LogP contribution in [0.15, 0.2) is 11.6 Å². The minimum atomic E-state index is -0.875. The van der Waals surface area contributed by atoms with Crippen LogP contribution in [0.3, 0.4) is 0 Å². The molecule has 0 radical (unpaired) electrons. The number of carboxylic acid groups (broad SMARTS) is 1. The molecule has 0 aromatic carbocycles. The zero-order chi connectivity index (χ0) is 28.3. The van der Waals surface area contributed by atoms with E-state index in [9.17, 15) is 19.8 Å². The van der Waals surface area contributed by atoms with Crippen molar-refractivity contribution in [3.05, 3.63) is 11.6 Å². The Morgan fingerprint density at radius 2 is 1.74 bits per heavy atom. The number of nitrogens with zero attached hydrogens (tertiary/aromatic N) is 2. The van der Waals surface area contributed by atoms with Crippen LogP contribution in [-0.2, 0) is 4.79 Å². The summed E-state index contributed by atoms with van der Waals surface area (Å²) in [4.78, 5) is 28.8. The van der Waals surface area contributed by atoms with Gasteiger partial charge in [0.2, 0.25) is 5.91 Å². The van der Waals surface area contributed by atoms with Crippen molar-refractivity contribution in [3.8, 4) is 0 Å². The number of carbonyl (C=O) groups excluding carboxylic acids is 1. The van der Waals surface area contributed by atoms with Gasteiger partial charge in [0.1, 0.15) is 0 Å². The lowest BCUT2D eigenvalue weighted by Crippen LogP contribution is -2.62. The van der Waals surface area contributed by atoms with E-state index in [-0.39, 0.29) is 35.4 Å². The lowest BCUT2D eigenvalue weighted by Gasteiger charge is -2.58. The molecule has 0 bridgehead atoms. The Bertz CT molecular complexity index is 979. The molecule has 5 aliphatic rings. The molecule has 6 nitrogen and oxygen atoms in total. The van der Waals surface area contributed by atoms with E-state index in [0.717, 1.165) is 43.4 Å². The summed E-state index contributed by atoms with van der Waals surface area (Å²) >= 11 is 0. The van der Waals surface area contributed by atoms with Crippen LogP contribution in [0.5, 0.6) is 0 Å². The number of piperazine rings is 1. The van der Waals surface area contributed by atoms with Crippen LogP contribution in [-0.4, -0.2) is 63.3 Å². The van der Waals surface area contributed by atoms with E-state index in [4.69, 9.17) is 0 Å². The summed E-state index contributed by atoms with van der Waals surface area (Å²) < 4.78 is 0. The molecule has 10 atom stereocenters. The number of rotatable bonds is 5. The largest absolute Gasteiger partial charge is 0.465 e. The van der Waals surface area contributed by atoms with Gasteiger partial charge in [0, 0.05) is 25.6 Å². The van der Waals surface area contributed by atoms with Gasteiger partial charge in [-0.3, -0.25) is 4.79 Å². The highest BCUT2D eigenvalue weighted by molar-refractivity contribution is 5.77. The van der Waals surface area contributed by atoms with Gasteiger partial charge in [0.15, 0.2) is 0 Å². The first-order valence-corrected chi connectivity index (χ1v) is 16.0. The fraction of sp³-hybridized carbons (Fsp3) is 0.879. The van der Waals surface area contributed by atoms with Crippen LogP contribution in [0.4, 0.5) is 4.79 Å². The van der Waals surface area contributed by atoms with Gasteiger partial charge in [-0.1, -0.05) is 46.3 Å². The Labute approximate surface area is 236 Å². The van der Waals surface area contributed by atoms with E-state index >= 15 is 0 Å². The molecule has 2 amide bonds. The third kappa shape index (κ3) is 4.85. The van der Waals surface area contributed by atoms with Gasteiger partial charge in [0.25, 0.3) is 0 Å². The second-order valence-corrected chi connectivity index (χ2v) is 14.9. The Balaban J connectivity index is 1.22. The maximum atomic E-state index is 13.5. The monoisotopic (exact) mass is 542 g/mol. The molecule has 1 saturated heterocycles. The van der Waals surface area contributed by atoms with Crippen LogP contribution in [0.2, 0.25) is 0 Å². The second kappa shape index (κ2) is 10.7. The number of aliphatic hydroxyl groups excluding tert-OH is 1. The van der Waals surface area contributed by atoms with Crippen LogP contribution in [0, 0.1) is 46.3 Å².